The Kier molecular flexibility index (Phi) is 1.68. The molecular weight excluding hydrogens is 184 g/mol. The van der Waals surface area contributed by atoms with Crippen LogP contribution in [-0.2, 0) is 6.42 Å². The van der Waals surface area contributed by atoms with Crippen molar-refractivity contribution in [3.05, 3.63) is 59.1 Å². The maximum absolute atomic E-state index is 8.71. The minimum atomic E-state index is 0.626. The molecule has 0 aliphatic heterocycles. The van der Waals surface area contributed by atoms with Crippen molar-refractivity contribution in [3.8, 4) is 11.1 Å². The van der Waals surface area contributed by atoms with Crippen LogP contribution in [0.1, 0.15) is 11.1 Å². The van der Waals surface area contributed by atoms with Gasteiger partial charge in [0.2, 0.25) is 0 Å². The molecule has 0 heterocycles. The second kappa shape index (κ2) is 3.02. The molecule has 15 heavy (non-hydrogen) atoms. The fourth-order valence-corrected chi connectivity index (χ4v) is 2.19. The second-order valence-electron chi connectivity index (χ2n) is 3.78. The Hall–Kier alpha value is -1.96. The van der Waals surface area contributed by atoms with Gasteiger partial charge in [0.1, 0.15) is 0 Å². The molecule has 0 aromatic heterocycles. The smallest absolute Gasteiger partial charge is 0.0399 e. The Labute approximate surface area is 88.1 Å². The van der Waals surface area contributed by atoms with Crippen LogP contribution < -0.4 is 0 Å². The Bertz CT molecular complexity index is 544. The molecule has 2 heteroatoms. The molecular formula is C13H9N2-. The molecule has 0 unspecified atom stereocenters. The van der Waals surface area contributed by atoms with Gasteiger partial charge in [-0.1, -0.05) is 30.3 Å². The van der Waals surface area contributed by atoms with Crippen LogP contribution in [0.3, 0.4) is 0 Å². The molecule has 3 rings (SSSR count). The molecule has 0 saturated heterocycles. The van der Waals surface area contributed by atoms with Gasteiger partial charge in [0.15, 0.2) is 0 Å². The highest BCUT2D eigenvalue weighted by atomic mass is 15.0. The van der Waals surface area contributed by atoms with Gasteiger partial charge in [-0.2, -0.15) is 0 Å². The Morgan fingerprint density at radius 3 is 2.60 bits per heavy atom. The van der Waals surface area contributed by atoms with Crippen LogP contribution in [0.15, 0.2) is 47.6 Å². The van der Waals surface area contributed by atoms with Crippen LogP contribution >= 0.6 is 0 Å². The Morgan fingerprint density at radius 2 is 1.73 bits per heavy atom. The van der Waals surface area contributed by atoms with Gasteiger partial charge >= 0.3 is 0 Å². The van der Waals surface area contributed by atoms with Crippen LogP contribution in [0, 0.1) is 0 Å². The van der Waals surface area contributed by atoms with Crippen molar-refractivity contribution in [1.82, 2.24) is 0 Å². The zero-order chi connectivity index (χ0) is 10.3. The largest absolute Gasteiger partial charge is 0.706 e. The van der Waals surface area contributed by atoms with Gasteiger partial charge in [0.05, 0.1) is 0 Å². The number of fused-ring (bicyclic) bond motifs is 3. The summed E-state index contributed by atoms with van der Waals surface area (Å²) in [6, 6.07) is 14.2. The molecule has 1 aliphatic rings. The van der Waals surface area contributed by atoms with E-state index in [1.807, 2.05) is 18.2 Å². The topological polar surface area (TPSA) is 34.7 Å². The van der Waals surface area contributed by atoms with E-state index in [0.29, 0.717) is 5.69 Å². The van der Waals surface area contributed by atoms with Crippen LogP contribution in [0.25, 0.3) is 16.7 Å². The summed E-state index contributed by atoms with van der Waals surface area (Å²) in [7, 11) is 0. The lowest BCUT2D eigenvalue weighted by Gasteiger charge is -2.02. The summed E-state index contributed by atoms with van der Waals surface area (Å²) >= 11 is 0. The predicted molar refractivity (Wildman–Crippen MR) is 60.1 cm³/mol. The first-order valence-corrected chi connectivity index (χ1v) is 4.95. The van der Waals surface area contributed by atoms with Crippen LogP contribution in [0.4, 0.5) is 5.69 Å². The summed E-state index contributed by atoms with van der Waals surface area (Å²) in [4.78, 5) is 0. The van der Waals surface area contributed by atoms with Gasteiger partial charge in [-0.15, -0.1) is 0 Å². The number of hydrogen-bond acceptors (Lipinski definition) is 1. The molecule has 2 aromatic carbocycles. The molecule has 0 atom stereocenters. The van der Waals surface area contributed by atoms with Crippen molar-refractivity contribution < 1.29 is 0 Å². The first kappa shape index (κ1) is 8.36. The molecule has 0 N–H and O–H groups in total. The van der Waals surface area contributed by atoms with E-state index in [9.17, 15) is 0 Å². The lowest BCUT2D eigenvalue weighted by molar-refractivity contribution is 1.26. The Morgan fingerprint density at radius 1 is 0.933 bits per heavy atom. The fourth-order valence-electron chi connectivity index (χ4n) is 2.19. The minimum Gasteiger partial charge on any atom is -0.706 e. The average Bonchev–Trinajstić information content (AvgIpc) is 2.66. The summed E-state index contributed by atoms with van der Waals surface area (Å²) in [5.74, 6) is 0. The van der Waals surface area contributed by atoms with Crippen LogP contribution in [0.5, 0.6) is 0 Å². The van der Waals surface area contributed by atoms with E-state index in [1.54, 1.807) is 0 Å². The van der Waals surface area contributed by atoms with Gasteiger partial charge in [-0.3, -0.25) is 0 Å². The molecule has 2 nitrogen and oxygen atoms in total. The van der Waals surface area contributed by atoms with E-state index in [-0.39, 0.29) is 0 Å². The SMILES string of the molecule is [N-]=Nc1ccc2c(c1)Cc1ccccc1-2. The highest BCUT2D eigenvalue weighted by Gasteiger charge is 2.16. The predicted octanol–water partition coefficient (Wildman–Crippen LogP) is 3.91. The van der Waals surface area contributed by atoms with E-state index in [0.717, 1.165) is 6.42 Å². The molecule has 1 aliphatic carbocycles. The van der Waals surface area contributed by atoms with E-state index < -0.39 is 0 Å². The average molecular weight is 193 g/mol. The third-order valence-corrected chi connectivity index (χ3v) is 2.89. The van der Waals surface area contributed by atoms with Crippen LogP contribution in [0.2, 0.25) is 0 Å². The van der Waals surface area contributed by atoms with E-state index >= 15 is 0 Å². The number of benzene rings is 2. The maximum atomic E-state index is 8.71. The zero-order valence-corrected chi connectivity index (χ0v) is 8.14. The molecule has 0 fully saturated rings. The standard InChI is InChI=1S/C13H9N2/c14-15-11-5-6-13-10(8-11)7-9-3-1-2-4-12(9)13/h1-6,8H,7H2/q-1. The van der Waals surface area contributed by atoms with E-state index in [4.69, 9.17) is 5.53 Å². The number of hydrogen-bond donors (Lipinski definition) is 0. The summed E-state index contributed by atoms with van der Waals surface area (Å²) in [5, 5.41) is 3.21. The first-order chi connectivity index (χ1) is 7.38. The molecule has 72 valence electrons. The number of rotatable bonds is 1. The van der Waals surface area contributed by atoms with Crippen molar-refractivity contribution in [2.24, 2.45) is 5.11 Å². The summed E-state index contributed by atoms with van der Waals surface area (Å²) in [6.07, 6.45) is 0.939. The van der Waals surface area contributed by atoms with Crippen molar-refractivity contribution in [3.63, 3.8) is 0 Å². The quantitative estimate of drug-likeness (QED) is 0.525. The fraction of sp³-hybridized carbons (Fsp3) is 0.0769. The van der Waals surface area contributed by atoms with Crippen molar-refractivity contribution >= 4 is 5.69 Å². The van der Waals surface area contributed by atoms with Gasteiger partial charge in [-0.05, 0) is 40.8 Å². The number of nitrogens with zero attached hydrogens (tertiary/aromatic N) is 2. The summed E-state index contributed by atoms with van der Waals surface area (Å²) in [6.45, 7) is 0. The molecule has 0 amide bonds. The molecule has 0 saturated carbocycles. The van der Waals surface area contributed by atoms with Crippen LogP contribution in [-0.4, -0.2) is 0 Å². The summed E-state index contributed by atoms with van der Waals surface area (Å²) in [5.41, 5.74) is 14.5. The van der Waals surface area contributed by atoms with Gasteiger partial charge in [-0.25, -0.2) is 0 Å². The highest BCUT2D eigenvalue weighted by molar-refractivity contribution is 5.78. The molecule has 2 aromatic rings. The van der Waals surface area contributed by atoms with Crippen molar-refractivity contribution in [1.29, 1.82) is 0 Å². The lowest BCUT2D eigenvalue weighted by Crippen LogP contribution is -1.78. The zero-order valence-electron chi connectivity index (χ0n) is 8.14. The monoisotopic (exact) mass is 193 g/mol. The normalized spacial score (nSPS) is 12.0. The molecule has 0 radical (unpaired) electrons. The Balaban J connectivity index is 2.22. The van der Waals surface area contributed by atoms with Crippen molar-refractivity contribution in [2.75, 3.05) is 0 Å². The first-order valence-electron chi connectivity index (χ1n) is 4.95. The third-order valence-electron chi connectivity index (χ3n) is 2.89. The molecule has 0 spiro atoms. The van der Waals surface area contributed by atoms with Gasteiger partial charge < -0.3 is 10.6 Å². The third kappa shape index (κ3) is 1.18. The second-order valence-corrected chi connectivity index (χ2v) is 3.78. The van der Waals surface area contributed by atoms with Gasteiger partial charge in [0, 0.05) is 5.69 Å². The van der Waals surface area contributed by atoms with Crippen molar-refractivity contribution in [2.45, 2.75) is 6.42 Å². The summed E-state index contributed by atoms with van der Waals surface area (Å²) < 4.78 is 0. The highest BCUT2D eigenvalue weighted by Crippen LogP contribution is 2.37. The van der Waals surface area contributed by atoms with E-state index in [2.05, 4.69) is 29.4 Å². The maximum Gasteiger partial charge on any atom is 0.0399 e. The minimum absolute atomic E-state index is 0.626. The lowest BCUT2D eigenvalue weighted by atomic mass is 10.1. The van der Waals surface area contributed by atoms with E-state index in [1.165, 1.54) is 22.3 Å². The van der Waals surface area contributed by atoms with Gasteiger partial charge in [0.25, 0.3) is 0 Å². The molecule has 0 bridgehead atoms.